The molecule has 1 aliphatic rings. The van der Waals surface area contributed by atoms with Gasteiger partial charge in [-0.25, -0.2) is 4.79 Å². The molecule has 0 aliphatic heterocycles. The average molecular weight is 349 g/mol. The van der Waals surface area contributed by atoms with Gasteiger partial charge in [-0.15, -0.1) is 0 Å². The van der Waals surface area contributed by atoms with E-state index < -0.39 is 26.2 Å². The van der Waals surface area contributed by atoms with Crippen molar-refractivity contribution in [3.63, 3.8) is 0 Å². The molecule has 0 bridgehead atoms. The van der Waals surface area contributed by atoms with E-state index in [1.807, 2.05) is 0 Å². The summed E-state index contributed by atoms with van der Waals surface area (Å²) < 4.78 is 25.3. The maximum atomic E-state index is 11.9. The summed E-state index contributed by atoms with van der Waals surface area (Å²) in [5.41, 5.74) is 0. The van der Waals surface area contributed by atoms with Crippen LogP contribution in [0.3, 0.4) is 0 Å². The summed E-state index contributed by atoms with van der Waals surface area (Å²) in [6.07, 6.45) is 2.84. The van der Waals surface area contributed by atoms with Crippen molar-refractivity contribution >= 4 is 25.9 Å². The molecule has 2 unspecified atom stereocenters. The fraction of sp³-hybridized carbons (Fsp3) is 0.786. The van der Waals surface area contributed by atoms with E-state index in [1.54, 1.807) is 0 Å². The van der Waals surface area contributed by atoms with E-state index in [2.05, 4.69) is 9.84 Å². The van der Waals surface area contributed by atoms with Crippen molar-refractivity contribution in [2.24, 2.45) is 5.92 Å². The number of Topliss-reactive ketones (excluding diaryl/α,β-unsaturated/α-hetero) is 1. The number of carbonyl (C=O) groups is 3. The van der Waals surface area contributed by atoms with Gasteiger partial charge in [0.2, 0.25) is 6.29 Å². The van der Waals surface area contributed by atoms with Crippen molar-refractivity contribution in [3.05, 3.63) is 0 Å². The molecule has 0 spiro atoms. The van der Waals surface area contributed by atoms with Gasteiger partial charge in [-0.05, 0) is 12.8 Å². The van der Waals surface area contributed by atoms with Gasteiger partial charge in [0.05, 0.1) is 12.5 Å². The minimum Gasteiger partial charge on any atom is -0.425 e. The van der Waals surface area contributed by atoms with E-state index in [0.29, 0.717) is 0 Å². The lowest BCUT2D eigenvalue weighted by Gasteiger charge is -2.22. The van der Waals surface area contributed by atoms with Crippen LogP contribution in [0, 0.1) is 5.92 Å². The summed E-state index contributed by atoms with van der Waals surface area (Å²) >= 11 is 0. The van der Waals surface area contributed by atoms with E-state index in [1.165, 1.54) is 13.6 Å². The summed E-state index contributed by atoms with van der Waals surface area (Å²) in [6, 6.07) is 0. The van der Waals surface area contributed by atoms with Gasteiger partial charge in [-0.1, -0.05) is 19.3 Å². The molecular formula is C14H24NO7P. The number of rotatable bonds is 8. The summed E-state index contributed by atoms with van der Waals surface area (Å²) in [5, 5.41) is 2.22. The molecule has 1 fully saturated rings. The zero-order chi connectivity index (χ0) is 17.2. The standard InChI is InChI=1S/C14H24NO7P/c1-10(21-13(17)11-6-4-3-5-7-11)22-14(18)15-8-12(16)9-20-23(2)19/h10-11,23H,3-9H2,1-2H3,(H,15,18). The third kappa shape index (κ3) is 8.71. The smallest absolute Gasteiger partial charge is 0.410 e. The average Bonchev–Trinajstić information content (AvgIpc) is 2.51. The lowest BCUT2D eigenvalue weighted by atomic mass is 9.89. The van der Waals surface area contributed by atoms with Crippen LogP contribution in [-0.4, -0.2) is 44.0 Å². The number of esters is 1. The number of ketones is 1. The Labute approximate surface area is 136 Å². The Morgan fingerprint density at radius 1 is 1.17 bits per heavy atom. The third-order valence-electron chi connectivity index (χ3n) is 3.36. The van der Waals surface area contributed by atoms with Crippen LogP contribution in [0.1, 0.15) is 39.0 Å². The summed E-state index contributed by atoms with van der Waals surface area (Å²) in [6.45, 7) is 2.16. The number of alkyl carbamates (subject to hydrolysis) is 1. The Kier molecular flexibility index (Phi) is 8.87. The van der Waals surface area contributed by atoms with E-state index in [0.717, 1.165) is 32.1 Å². The van der Waals surface area contributed by atoms with Gasteiger partial charge in [-0.2, -0.15) is 0 Å². The van der Waals surface area contributed by atoms with E-state index >= 15 is 0 Å². The van der Waals surface area contributed by atoms with Crippen LogP contribution in [0.2, 0.25) is 0 Å². The monoisotopic (exact) mass is 349 g/mol. The minimum atomic E-state index is -2.18. The molecular weight excluding hydrogens is 325 g/mol. The Morgan fingerprint density at radius 2 is 1.83 bits per heavy atom. The molecule has 0 aromatic heterocycles. The molecule has 0 heterocycles. The van der Waals surface area contributed by atoms with Crippen molar-refractivity contribution in [2.75, 3.05) is 19.8 Å². The van der Waals surface area contributed by atoms with Crippen LogP contribution in [0.15, 0.2) is 0 Å². The van der Waals surface area contributed by atoms with Crippen molar-refractivity contribution in [3.8, 4) is 0 Å². The number of hydrogen-bond acceptors (Lipinski definition) is 7. The second-order valence-corrected chi connectivity index (χ2v) is 6.69. The van der Waals surface area contributed by atoms with Gasteiger partial charge in [0.15, 0.2) is 13.8 Å². The normalized spacial score (nSPS) is 17.8. The topological polar surface area (TPSA) is 108 Å². The maximum Gasteiger partial charge on any atom is 0.410 e. The van der Waals surface area contributed by atoms with Crippen LogP contribution in [0.25, 0.3) is 0 Å². The Balaban J connectivity index is 2.21. The van der Waals surface area contributed by atoms with Crippen LogP contribution >= 0.6 is 8.03 Å². The van der Waals surface area contributed by atoms with Crippen molar-refractivity contribution < 1.29 is 32.9 Å². The molecule has 0 aromatic rings. The summed E-state index contributed by atoms with van der Waals surface area (Å²) in [5.74, 6) is -0.926. The SMILES string of the molecule is CC(OC(=O)NCC(=O)CO[PH](C)=O)OC(=O)C1CCCCC1. The molecule has 1 aliphatic carbocycles. The highest BCUT2D eigenvalue weighted by molar-refractivity contribution is 7.38. The Morgan fingerprint density at radius 3 is 2.43 bits per heavy atom. The molecule has 8 nitrogen and oxygen atoms in total. The van der Waals surface area contributed by atoms with Gasteiger partial charge in [0.1, 0.15) is 6.61 Å². The lowest BCUT2D eigenvalue weighted by Crippen LogP contribution is -2.35. The van der Waals surface area contributed by atoms with Gasteiger partial charge in [0, 0.05) is 13.6 Å². The molecule has 1 saturated carbocycles. The molecule has 23 heavy (non-hydrogen) atoms. The van der Waals surface area contributed by atoms with Crippen LogP contribution in [0.5, 0.6) is 0 Å². The number of ether oxygens (including phenoxy) is 2. The first-order valence-corrected chi connectivity index (χ1v) is 9.50. The fourth-order valence-electron chi connectivity index (χ4n) is 2.22. The van der Waals surface area contributed by atoms with Gasteiger partial charge < -0.3 is 19.3 Å². The van der Waals surface area contributed by atoms with Crippen molar-refractivity contribution in [2.45, 2.75) is 45.3 Å². The maximum absolute atomic E-state index is 11.9. The molecule has 9 heteroatoms. The Bertz CT molecular complexity index is 448. The van der Waals surface area contributed by atoms with Gasteiger partial charge in [-0.3, -0.25) is 14.2 Å². The first kappa shape index (κ1) is 19.6. The fourth-order valence-corrected chi connectivity index (χ4v) is 2.58. The van der Waals surface area contributed by atoms with Gasteiger partial charge in [0.25, 0.3) is 0 Å². The van der Waals surface area contributed by atoms with Crippen LogP contribution < -0.4 is 5.32 Å². The molecule has 2 atom stereocenters. The highest BCUT2D eigenvalue weighted by atomic mass is 31.1. The van der Waals surface area contributed by atoms with E-state index in [4.69, 9.17) is 9.47 Å². The molecule has 0 saturated heterocycles. The lowest BCUT2D eigenvalue weighted by molar-refractivity contribution is -0.171. The highest BCUT2D eigenvalue weighted by Crippen LogP contribution is 2.25. The second kappa shape index (κ2) is 10.4. The molecule has 0 aromatic carbocycles. The minimum absolute atomic E-state index is 0.131. The quantitative estimate of drug-likeness (QED) is 0.405. The molecule has 1 N–H and O–H groups in total. The summed E-state index contributed by atoms with van der Waals surface area (Å²) in [7, 11) is -2.18. The van der Waals surface area contributed by atoms with Crippen LogP contribution in [-0.2, 0) is 28.2 Å². The molecule has 0 radical (unpaired) electrons. The van der Waals surface area contributed by atoms with Gasteiger partial charge >= 0.3 is 12.1 Å². The predicted molar refractivity (Wildman–Crippen MR) is 82.5 cm³/mol. The van der Waals surface area contributed by atoms with Crippen molar-refractivity contribution in [1.82, 2.24) is 5.32 Å². The van der Waals surface area contributed by atoms with E-state index in [-0.39, 0.29) is 25.0 Å². The predicted octanol–water partition coefficient (Wildman–Crippen LogP) is 1.87. The third-order valence-corrected chi connectivity index (χ3v) is 3.91. The first-order valence-electron chi connectivity index (χ1n) is 7.68. The first-order chi connectivity index (χ1) is 10.9. The number of carbonyl (C=O) groups excluding carboxylic acids is 3. The zero-order valence-corrected chi connectivity index (χ0v) is 14.5. The van der Waals surface area contributed by atoms with E-state index in [9.17, 15) is 18.9 Å². The Hall–Kier alpha value is -1.40. The van der Waals surface area contributed by atoms with Crippen LogP contribution in [0.4, 0.5) is 4.79 Å². The second-order valence-electron chi connectivity index (χ2n) is 5.42. The number of nitrogens with one attached hydrogen (secondary N) is 1. The number of hydrogen-bond donors (Lipinski definition) is 1. The molecule has 1 amide bonds. The molecule has 132 valence electrons. The number of amides is 1. The highest BCUT2D eigenvalue weighted by Gasteiger charge is 2.25. The van der Waals surface area contributed by atoms with Crippen molar-refractivity contribution in [1.29, 1.82) is 0 Å². The molecule has 1 rings (SSSR count). The zero-order valence-electron chi connectivity index (χ0n) is 13.5. The largest absolute Gasteiger partial charge is 0.425 e. The summed E-state index contributed by atoms with van der Waals surface area (Å²) in [4.78, 5) is 34.7.